The van der Waals surface area contributed by atoms with E-state index in [1.165, 1.54) is 24.3 Å². The fourth-order valence-corrected chi connectivity index (χ4v) is 3.73. The molecule has 0 spiro atoms. The van der Waals surface area contributed by atoms with Gasteiger partial charge in [-0.25, -0.2) is 4.39 Å². The van der Waals surface area contributed by atoms with E-state index in [4.69, 9.17) is 9.47 Å². The van der Waals surface area contributed by atoms with Crippen molar-refractivity contribution in [3.63, 3.8) is 0 Å². The Morgan fingerprint density at radius 3 is 2.40 bits per heavy atom. The van der Waals surface area contributed by atoms with Crippen molar-refractivity contribution in [2.75, 3.05) is 17.7 Å². The molecule has 2 N–H and O–H groups in total. The molecule has 0 aliphatic carbocycles. The molecule has 0 aliphatic rings. The highest BCUT2D eigenvalue weighted by atomic mass is 32.1. The van der Waals surface area contributed by atoms with Gasteiger partial charge in [0, 0.05) is 11.3 Å². The lowest BCUT2D eigenvalue weighted by molar-refractivity contribution is 0.101. The Hall–Kier alpha value is -4.31. The lowest BCUT2D eigenvalue weighted by Gasteiger charge is -2.11. The zero-order valence-electron chi connectivity index (χ0n) is 18.9. The van der Waals surface area contributed by atoms with E-state index in [9.17, 15) is 14.0 Å². The number of anilines is 2. The molecule has 4 aromatic rings. The summed E-state index contributed by atoms with van der Waals surface area (Å²) in [7, 11) is 1.55. The number of hydrogen-bond donors (Lipinski definition) is 2. The summed E-state index contributed by atoms with van der Waals surface area (Å²) in [6, 6.07) is 17.6. The van der Waals surface area contributed by atoms with E-state index in [1.54, 1.807) is 37.4 Å². The minimum absolute atomic E-state index is 0.105. The zero-order chi connectivity index (χ0) is 24.8. The van der Waals surface area contributed by atoms with Crippen molar-refractivity contribution < 1.29 is 23.5 Å². The van der Waals surface area contributed by atoms with Gasteiger partial charge in [-0.3, -0.25) is 9.59 Å². The SMILES string of the molecule is COc1ccc(C)cc1NC(=O)c1ccc(OCc2nnc(C(=O)Nc3ccc(F)cc3)s2)cc1. The first-order valence-corrected chi connectivity index (χ1v) is 11.3. The molecule has 1 aromatic heterocycles. The van der Waals surface area contributed by atoms with Crippen LogP contribution in [0.15, 0.2) is 66.7 Å². The van der Waals surface area contributed by atoms with Crippen molar-refractivity contribution in [1.29, 1.82) is 0 Å². The van der Waals surface area contributed by atoms with Crippen LogP contribution in [0.25, 0.3) is 0 Å². The van der Waals surface area contributed by atoms with Crippen LogP contribution in [0, 0.1) is 12.7 Å². The lowest BCUT2D eigenvalue weighted by atomic mass is 10.1. The molecule has 178 valence electrons. The van der Waals surface area contributed by atoms with Gasteiger partial charge in [0.15, 0.2) is 5.01 Å². The van der Waals surface area contributed by atoms with Crippen molar-refractivity contribution in [3.05, 3.63) is 93.7 Å². The van der Waals surface area contributed by atoms with Crippen molar-refractivity contribution in [2.45, 2.75) is 13.5 Å². The van der Waals surface area contributed by atoms with Gasteiger partial charge < -0.3 is 20.1 Å². The Labute approximate surface area is 204 Å². The summed E-state index contributed by atoms with van der Waals surface area (Å²) in [4.78, 5) is 24.9. The molecule has 2 amide bonds. The average Bonchev–Trinajstić information content (AvgIpc) is 3.34. The number of ether oxygens (including phenoxy) is 2. The van der Waals surface area contributed by atoms with E-state index in [-0.39, 0.29) is 17.5 Å². The molecule has 4 rings (SSSR count). The topological polar surface area (TPSA) is 102 Å². The standard InChI is InChI=1S/C25H21FN4O4S/c1-15-3-12-21(33-2)20(13-15)28-23(31)16-4-10-19(11-5-16)34-14-22-29-30-25(35-22)24(32)27-18-8-6-17(26)7-9-18/h3-13H,14H2,1-2H3,(H,27,32)(H,28,31). The number of nitrogens with one attached hydrogen (secondary N) is 2. The number of nitrogens with zero attached hydrogens (tertiary/aromatic N) is 2. The first-order valence-electron chi connectivity index (χ1n) is 10.5. The molecule has 0 saturated carbocycles. The largest absolute Gasteiger partial charge is 0.495 e. The predicted octanol–water partition coefficient (Wildman–Crippen LogP) is 5.08. The molecule has 8 nitrogen and oxygen atoms in total. The molecular formula is C25H21FN4O4S. The third kappa shape index (κ3) is 6.18. The summed E-state index contributed by atoms with van der Waals surface area (Å²) in [5, 5.41) is 14.0. The fraction of sp³-hybridized carbons (Fsp3) is 0.120. The Morgan fingerprint density at radius 2 is 1.69 bits per heavy atom. The van der Waals surface area contributed by atoms with Crippen molar-refractivity contribution in [3.8, 4) is 11.5 Å². The molecule has 35 heavy (non-hydrogen) atoms. The molecule has 0 fully saturated rings. The number of rotatable bonds is 8. The Kier molecular flexibility index (Phi) is 7.32. The molecule has 10 heteroatoms. The zero-order valence-corrected chi connectivity index (χ0v) is 19.7. The quantitative estimate of drug-likeness (QED) is 0.356. The number of carbonyl (C=O) groups is 2. The van der Waals surface area contributed by atoms with Gasteiger partial charge in [-0.1, -0.05) is 17.4 Å². The predicted molar refractivity (Wildman–Crippen MR) is 131 cm³/mol. The van der Waals surface area contributed by atoms with Gasteiger partial charge in [0.1, 0.15) is 23.9 Å². The van der Waals surface area contributed by atoms with E-state index in [0.29, 0.717) is 33.4 Å². The van der Waals surface area contributed by atoms with Crippen LogP contribution in [0.1, 0.15) is 30.7 Å². The van der Waals surface area contributed by atoms with Crippen molar-refractivity contribution in [1.82, 2.24) is 10.2 Å². The van der Waals surface area contributed by atoms with Crippen LogP contribution in [0.2, 0.25) is 0 Å². The summed E-state index contributed by atoms with van der Waals surface area (Å²) in [5.41, 5.74) is 2.50. The highest BCUT2D eigenvalue weighted by molar-refractivity contribution is 7.13. The number of carbonyl (C=O) groups excluding carboxylic acids is 2. The molecule has 0 saturated heterocycles. The van der Waals surface area contributed by atoms with Crippen LogP contribution in [-0.4, -0.2) is 29.1 Å². The van der Waals surface area contributed by atoms with E-state index in [2.05, 4.69) is 20.8 Å². The van der Waals surface area contributed by atoms with Gasteiger partial charge in [0.2, 0.25) is 5.01 Å². The fourth-order valence-electron chi connectivity index (χ4n) is 3.08. The summed E-state index contributed by atoms with van der Waals surface area (Å²) in [6.07, 6.45) is 0. The second-order valence-electron chi connectivity index (χ2n) is 7.43. The smallest absolute Gasteiger partial charge is 0.286 e. The van der Waals surface area contributed by atoms with Crippen LogP contribution >= 0.6 is 11.3 Å². The third-order valence-corrected chi connectivity index (χ3v) is 5.74. The van der Waals surface area contributed by atoms with Gasteiger partial charge in [0.05, 0.1) is 12.8 Å². The molecule has 1 heterocycles. The average molecular weight is 493 g/mol. The van der Waals surface area contributed by atoms with Crippen molar-refractivity contribution in [2.24, 2.45) is 0 Å². The number of aromatic nitrogens is 2. The Balaban J connectivity index is 1.32. The molecule has 0 atom stereocenters. The number of benzene rings is 3. The Morgan fingerprint density at radius 1 is 0.943 bits per heavy atom. The number of methoxy groups -OCH3 is 1. The van der Waals surface area contributed by atoms with Gasteiger partial charge in [-0.2, -0.15) is 0 Å². The molecule has 0 bridgehead atoms. The lowest BCUT2D eigenvalue weighted by Crippen LogP contribution is -2.12. The maximum Gasteiger partial charge on any atom is 0.286 e. The maximum atomic E-state index is 13.0. The van der Waals surface area contributed by atoms with E-state index in [1.807, 2.05) is 19.1 Å². The molecule has 3 aromatic carbocycles. The minimum atomic E-state index is -0.444. The van der Waals surface area contributed by atoms with Gasteiger partial charge in [-0.05, 0) is 73.2 Å². The summed E-state index contributed by atoms with van der Waals surface area (Å²) >= 11 is 1.09. The maximum absolute atomic E-state index is 13.0. The highest BCUT2D eigenvalue weighted by Crippen LogP contribution is 2.26. The van der Waals surface area contributed by atoms with Gasteiger partial charge in [0.25, 0.3) is 11.8 Å². The molecule has 0 unspecified atom stereocenters. The van der Waals surface area contributed by atoms with Crippen molar-refractivity contribution >= 4 is 34.5 Å². The first kappa shape index (κ1) is 23.8. The second-order valence-corrected chi connectivity index (χ2v) is 8.49. The third-order valence-electron chi connectivity index (χ3n) is 4.85. The van der Waals surface area contributed by atoms with E-state index in [0.717, 1.165) is 16.9 Å². The van der Waals surface area contributed by atoms with Crippen LogP contribution in [0.3, 0.4) is 0 Å². The Bertz CT molecular complexity index is 1340. The van der Waals surface area contributed by atoms with Crippen LogP contribution in [0.4, 0.5) is 15.8 Å². The summed E-state index contributed by atoms with van der Waals surface area (Å²) in [6.45, 7) is 2.04. The van der Waals surface area contributed by atoms with Crippen LogP contribution in [-0.2, 0) is 6.61 Å². The number of aryl methyl sites for hydroxylation is 1. The van der Waals surface area contributed by atoms with E-state index >= 15 is 0 Å². The first-order chi connectivity index (χ1) is 16.9. The second kappa shape index (κ2) is 10.7. The normalized spacial score (nSPS) is 10.5. The van der Waals surface area contributed by atoms with Crippen LogP contribution < -0.4 is 20.1 Å². The molecule has 0 aliphatic heterocycles. The molecule has 0 radical (unpaired) electrons. The number of halogens is 1. The number of hydrogen-bond acceptors (Lipinski definition) is 7. The minimum Gasteiger partial charge on any atom is -0.495 e. The molecular weight excluding hydrogens is 471 g/mol. The summed E-state index contributed by atoms with van der Waals surface area (Å²) < 4.78 is 24.0. The van der Waals surface area contributed by atoms with Crippen LogP contribution in [0.5, 0.6) is 11.5 Å². The van der Waals surface area contributed by atoms with Gasteiger partial charge in [-0.15, -0.1) is 10.2 Å². The highest BCUT2D eigenvalue weighted by Gasteiger charge is 2.14. The monoisotopic (exact) mass is 492 g/mol. The van der Waals surface area contributed by atoms with E-state index < -0.39 is 11.7 Å². The summed E-state index contributed by atoms with van der Waals surface area (Å²) in [5.74, 6) is -0.00487. The number of amides is 2. The van der Waals surface area contributed by atoms with Gasteiger partial charge >= 0.3 is 0 Å².